The first kappa shape index (κ1) is 21.4. The van der Waals surface area contributed by atoms with Crippen LogP contribution in [0.2, 0.25) is 0 Å². The summed E-state index contributed by atoms with van der Waals surface area (Å²) in [5.74, 6) is 3.45. The Morgan fingerprint density at radius 2 is 1.79 bits per heavy atom. The highest BCUT2D eigenvalue weighted by Crippen LogP contribution is 2.39. The average Bonchev–Trinajstić information content (AvgIpc) is 3.58. The molecule has 0 aliphatic heterocycles. The Morgan fingerprint density at radius 3 is 2.58 bits per heavy atom. The monoisotopic (exact) mass is 447 g/mol. The maximum Gasteiger partial charge on any atom is 0.412 e. The van der Waals surface area contributed by atoms with E-state index in [1.165, 1.54) is 18.5 Å². The molecule has 3 aromatic rings. The fraction of sp³-hybridized carbons (Fsp3) is 0.417. The van der Waals surface area contributed by atoms with Gasteiger partial charge < -0.3 is 20.7 Å². The minimum Gasteiger partial charge on any atom is -0.410 e. The normalized spacial score (nSPS) is 20.2. The predicted molar refractivity (Wildman–Crippen MR) is 124 cm³/mol. The summed E-state index contributed by atoms with van der Waals surface area (Å²) in [4.78, 5) is 21.1. The number of ether oxygens (including phenoxy) is 1. The van der Waals surface area contributed by atoms with E-state index in [1.54, 1.807) is 18.3 Å². The molecule has 0 spiro atoms. The van der Waals surface area contributed by atoms with Gasteiger partial charge in [-0.15, -0.1) is 0 Å². The minimum atomic E-state index is -0.392. The zero-order valence-corrected chi connectivity index (χ0v) is 18.5. The Bertz CT molecular complexity index is 1060. The van der Waals surface area contributed by atoms with Gasteiger partial charge >= 0.3 is 6.09 Å². The number of para-hydroxylation sites is 1. The summed E-state index contributed by atoms with van der Waals surface area (Å²) in [7, 11) is 0. The average molecular weight is 448 g/mol. The number of carbonyl (C=O) groups is 1. The van der Waals surface area contributed by atoms with Crippen molar-refractivity contribution in [1.82, 2.24) is 30.8 Å². The van der Waals surface area contributed by atoms with Gasteiger partial charge in [0, 0.05) is 36.0 Å². The quantitative estimate of drug-likeness (QED) is 0.412. The first-order valence-corrected chi connectivity index (χ1v) is 11.6. The number of carbonyl (C=O) groups excluding carboxylic acids is 1. The smallest absolute Gasteiger partial charge is 0.410 e. The summed E-state index contributed by atoms with van der Waals surface area (Å²) >= 11 is 0. The third kappa shape index (κ3) is 6.07. The zero-order valence-electron chi connectivity index (χ0n) is 18.5. The fourth-order valence-electron chi connectivity index (χ4n) is 4.16. The van der Waals surface area contributed by atoms with Crippen molar-refractivity contribution in [3.05, 3.63) is 60.2 Å². The van der Waals surface area contributed by atoms with Crippen LogP contribution >= 0.6 is 0 Å². The van der Waals surface area contributed by atoms with Crippen LogP contribution in [0.25, 0.3) is 0 Å². The number of H-pyrrole nitrogens is 1. The van der Waals surface area contributed by atoms with E-state index in [9.17, 15) is 4.79 Å². The highest BCUT2D eigenvalue weighted by Gasteiger charge is 2.25. The van der Waals surface area contributed by atoms with Gasteiger partial charge in [-0.05, 0) is 56.7 Å². The van der Waals surface area contributed by atoms with Gasteiger partial charge in [0.05, 0.1) is 6.54 Å². The lowest BCUT2D eigenvalue weighted by molar-refractivity contribution is 0.189. The molecular formula is C24H29N7O2. The van der Waals surface area contributed by atoms with Gasteiger partial charge in [0.15, 0.2) is 5.82 Å². The Kier molecular flexibility index (Phi) is 6.48. The molecule has 4 N–H and O–H groups in total. The van der Waals surface area contributed by atoms with Gasteiger partial charge in [-0.25, -0.2) is 14.8 Å². The van der Waals surface area contributed by atoms with E-state index in [-0.39, 0.29) is 6.04 Å². The number of nitrogens with one attached hydrogen (secondary N) is 4. The van der Waals surface area contributed by atoms with E-state index < -0.39 is 6.09 Å². The summed E-state index contributed by atoms with van der Waals surface area (Å²) in [5, 5.41) is 17.2. The molecule has 0 atom stereocenters. The second-order valence-electron chi connectivity index (χ2n) is 8.74. The predicted octanol–water partition coefficient (Wildman–Crippen LogP) is 4.01. The summed E-state index contributed by atoms with van der Waals surface area (Å²) in [6, 6.07) is 13.5. The van der Waals surface area contributed by atoms with Crippen LogP contribution < -0.4 is 20.7 Å². The number of aromatic nitrogens is 4. The Labute approximate surface area is 192 Å². The van der Waals surface area contributed by atoms with Gasteiger partial charge in [0.1, 0.15) is 17.4 Å². The second-order valence-corrected chi connectivity index (χ2v) is 8.74. The Morgan fingerprint density at radius 1 is 1.00 bits per heavy atom. The van der Waals surface area contributed by atoms with Crippen LogP contribution in [0.4, 0.5) is 16.4 Å². The molecule has 0 unspecified atom stereocenters. The molecule has 1 aromatic carbocycles. The first-order valence-electron chi connectivity index (χ1n) is 11.6. The lowest BCUT2D eigenvalue weighted by Gasteiger charge is -2.29. The van der Waals surface area contributed by atoms with Crippen molar-refractivity contribution in [2.45, 2.75) is 63.1 Å². The van der Waals surface area contributed by atoms with Gasteiger partial charge in [-0.2, -0.15) is 5.10 Å². The SMILES string of the molecule is O=C(NC1CCC(NCc2nccc(Nc3cc(C4CC4)[nH]n3)n2)CC1)Oc1ccccc1. The molecule has 2 fully saturated rings. The van der Waals surface area contributed by atoms with Gasteiger partial charge in [0.25, 0.3) is 0 Å². The lowest BCUT2D eigenvalue weighted by atomic mass is 9.91. The number of anilines is 2. The van der Waals surface area contributed by atoms with Gasteiger partial charge in [-0.3, -0.25) is 5.10 Å². The Balaban J connectivity index is 1.04. The standard InChI is InChI=1S/C24H29N7O2/c32-24(33-19-4-2-1-3-5-19)27-18-10-8-17(9-11-18)26-15-23-25-13-12-21(29-23)28-22-14-20(30-31-22)16-6-7-16/h1-5,12-14,16-18,26H,6-11,15H2,(H,27,32)(H2,25,28,29,30,31). The van der Waals surface area contributed by atoms with Gasteiger partial charge in [0.2, 0.25) is 0 Å². The number of aromatic amines is 1. The molecule has 9 heteroatoms. The molecule has 172 valence electrons. The number of hydrogen-bond acceptors (Lipinski definition) is 7. The van der Waals surface area contributed by atoms with E-state index in [1.807, 2.05) is 24.3 Å². The third-order valence-corrected chi connectivity index (χ3v) is 6.13. The van der Waals surface area contributed by atoms with Crippen molar-refractivity contribution in [2.75, 3.05) is 5.32 Å². The zero-order chi connectivity index (χ0) is 22.5. The second kappa shape index (κ2) is 9.99. The maximum atomic E-state index is 12.1. The van der Waals surface area contributed by atoms with Crippen molar-refractivity contribution in [1.29, 1.82) is 0 Å². The molecule has 9 nitrogen and oxygen atoms in total. The molecule has 33 heavy (non-hydrogen) atoms. The largest absolute Gasteiger partial charge is 0.412 e. The maximum absolute atomic E-state index is 12.1. The summed E-state index contributed by atoms with van der Waals surface area (Å²) < 4.78 is 5.32. The summed E-state index contributed by atoms with van der Waals surface area (Å²) in [5.41, 5.74) is 1.19. The minimum absolute atomic E-state index is 0.137. The number of hydrogen-bond donors (Lipinski definition) is 4. The lowest BCUT2D eigenvalue weighted by Crippen LogP contribution is -2.43. The number of benzene rings is 1. The highest BCUT2D eigenvalue weighted by atomic mass is 16.6. The molecule has 0 bridgehead atoms. The topological polar surface area (TPSA) is 117 Å². The number of nitrogens with zero attached hydrogens (tertiary/aromatic N) is 3. The van der Waals surface area contributed by atoms with Crippen LogP contribution in [0.15, 0.2) is 48.7 Å². The molecule has 2 aliphatic carbocycles. The summed E-state index contributed by atoms with van der Waals surface area (Å²) in [6.07, 6.45) is 7.62. The van der Waals surface area contributed by atoms with Gasteiger partial charge in [-0.1, -0.05) is 18.2 Å². The van der Waals surface area contributed by atoms with Crippen molar-refractivity contribution in [2.24, 2.45) is 0 Å². The van der Waals surface area contributed by atoms with Crippen LogP contribution in [0.5, 0.6) is 5.75 Å². The summed E-state index contributed by atoms with van der Waals surface area (Å²) in [6.45, 7) is 0.599. The molecule has 2 aromatic heterocycles. The molecule has 0 saturated heterocycles. The number of amides is 1. The van der Waals surface area contributed by atoms with E-state index in [0.717, 1.165) is 43.1 Å². The molecule has 2 heterocycles. The van der Waals surface area contributed by atoms with Crippen LogP contribution in [-0.2, 0) is 6.54 Å². The van der Waals surface area contributed by atoms with Crippen molar-refractivity contribution in [3.63, 3.8) is 0 Å². The van der Waals surface area contributed by atoms with Crippen molar-refractivity contribution < 1.29 is 9.53 Å². The molecule has 1 amide bonds. The van der Waals surface area contributed by atoms with E-state index >= 15 is 0 Å². The molecule has 2 aliphatic rings. The Hall–Kier alpha value is -3.46. The molecule has 2 saturated carbocycles. The number of rotatable bonds is 8. The highest BCUT2D eigenvalue weighted by molar-refractivity contribution is 5.70. The fourth-order valence-corrected chi connectivity index (χ4v) is 4.16. The van der Waals surface area contributed by atoms with E-state index in [4.69, 9.17) is 4.74 Å². The third-order valence-electron chi connectivity index (χ3n) is 6.13. The van der Waals surface area contributed by atoms with Crippen LogP contribution in [0, 0.1) is 0 Å². The first-order chi connectivity index (χ1) is 16.2. The molecular weight excluding hydrogens is 418 g/mol. The van der Waals surface area contributed by atoms with Crippen LogP contribution in [-0.4, -0.2) is 38.3 Å². The molecule has 0 radical (unpaired) electrons. The van der Waals surface area contributed by atoms with E-state index in [2.05, 4.69) is 42.2 Å². The van der Waals surface area contributed by atoms with Crippen molar-refractivity contribution >= 4 is 17.7 Å². The van der Waals surface area contributed by atoms with Crippen molar-refractivity contribution in [3.8, 4) is 5.75 Å². The van der Waals surface area contributed by atoms with E-state index in [0.29, 0.717) is 24.3 Å². The van der Waals surface area contributed by atoms with Crippen LogP contribution in [0.1, 0.15) is 56.0 Å². The molecule has 5 rings (SSSR count). The van der Waals surface area contributed by atoms with Crippen LogP contribution in [0.3, 0.4) is 0 Å².